The quantitative estimate of drug-likeness (QED) is 0.810. The van der Waals surface area contributed by atoms with Crippen LogP contribution in [0.2, 0.25) is 0 Å². The summed E-state index contributed by atoms with van der Waals surface area (Å²) in [6.07, 6.45) is 1.53. The van der Waals surface area contributed by atoms with Gasteiger partial charge in [0.15, 0.2) is 0 Å². The van der Waals surface area contributed by atoms with Gasteiger partial charge in [-0.1, -0.05) is 12.1 Å². The summed E-state index contributed by atoms with van der Waals surface area (Å²) in [5.41, 5.74) is 0.648. The Morgan fingerprint density at radius 3 is 2.41 bits per heavy atom. The van der Waals surface area contributed by atoms with E-state index in [9.17, 15) is 0 Å². The van der Waals surface area contributed by atoms with Crippen molar-refractivity contribution in [1.29, 1.82) is 0 Å². The zero-order valence-electron chi connectivity index (χ0n) is 10.0. The molecule has 4 heteroatoms. The summed E-state index contributed by atoms with van der Waals surface area (Å²) < 4.78 is 16.1. The first-order chi connectivity index (χ1) is 8.30. The van der Waals surface area contributed by atoms with Gasteiger partial charge < -0.3 is 19.3 Å². The Balaban J connectivity index is 2.24. The highest BCUT2D eigenvalue weighted by atomic mass is 16.6. The van der Waals surface area contributed by atoms with Crippen molar-refractivity contribution in [3.05, 3.63) is 29.8 Å². The normalized spacial score (nSPS) is 18.9. The average Bonchev–Trinajstić information content (AvgIpc) is 2.40. The van der Waals surface area contributed by atoms with Crippen LogP contribution in [0.25, 0.3) is 0 Å². The second kappa shape index (κ2) is 5.49. The second-order valence-corrected chi connectivity index (χ2v) is 4.11. The molecule has 0 radical (unpaired) electrons. The van der Waals surface area contributed by atoms with Gasteiger partial charge in [0, 0.05) is 26.1 Å². The van der Waals surface area contributed by atoms with E-state index in [1.54, 1.807) is 7.11 Å². The monoisotopic (exact) mass is 238 g/mol. The highest BCUT2D eigenvalue weighted by Crippen LogP contribution is 2.36. The molecule has 0 amide bonds. The van der Waals surface area contributed by atoms with Gasteiger partial charge in [-0.05, 0) is 17.7 Å². The molecule has 1 aromatic rings. The largest absolute Gasteiger partial charge is 0.497 e. The molecular weight excluding hydrogens is 220 g/mol. The summed E-state index contributed by atoms with van der Waals surface area (Å²) in [5, 5.41) is 9.06. The van der Waals surface area contributed by atoms with Crippen LogP contribution < -0.4 is 4.74 Å². The maximum atomic E-state index is 9.06. The van der Waals surface area contributed by atoms with Crippen LogP contribution in [0, 0.1) is 0 Å². The van der Waals surface area contributed by atoms with Crippen molar-refractivity contribution >= 4 is 0 Å². The molecule has 0 aromatic heterocycles. The Morgan fingerprint density at radius 2 is 1.88 bits per heavy atom. The zero-order valence-corrected chi connectivity index (χ0v) is 10.0. The van der Waals surface area contributed by atoms with Gasteiger partial charge in [0.05, 0.1) is 7.11 Å². The van der Waals surface area contributed by atoms with Crippen LogP contribution in [-0.4, -0.2) is 32.2 Å². The van der Waals surface area contributed by atoms with Gasteiger partial charge in [0.2, 0.25) is 0 Å². The predicted molar refractivity (Wildman–Crippen MR) is 62.9 cm³/mol. The van der Waals surface area contributed by atoms with Gasteiger partial charge in [-0.3, -0.25) is 0 Å². The number of hydrogen-bond donors (Lipinski definition) is 1. The summed E-state index contributed by atoms with van der Waals surface area (Å²) in [6.45, 7) is 1.05. The molecule has 4 nitrogen and oxygen atoms in total. The molecule has 1 aliphatic rings. The maximum Gasteiger partial charge on any atom is 0.144 e. The highest BCUT2D eigenvalue weighted by Gasteiger charge is 2.35. The number of benzene rings is 1. The van der Waals surface area contributed by atoms with E-state index in [-0.39, 0.29) is 6.79 Å². The third-order valence-corrected chi connectivity index (χ3v) is 3.26. The molecule has 1 aliphatic heterocycles. The number of aliphatic hydroxyl groups is 1. The molecule has 1 heterocycles. The number of ether oxygens (including phenoxy) is 3. The molecule has 0 atom stereocenters. The Morgan fingerprint density at radius 1 is 1.24 bits per heavy atom. The lowest BCUT2D eigenvalue weighted by atomic mass is 9.86. The maximum absolute atomic E-state index is 9.06. The van der Waals surface area contributed by atoms with Crippen LogP contribution in [-0.2, 0) is 15.1 Å². The summed E-state index contributed by atoms with van der Waals surface area (Å²) in [6, 6.07) is 7.79. The van der Waals surface area contributed by atoms with Gasteiger partial charge >= 0.3 is 0 Å². The molecule has 1 fully saturated rings. The fourth-order valence-corrected chi connectivity index (χ4v) is 2.24. The molecule has 0 saturated carbocycles. The SMILES string of the molecule is COc1ccc(C2(OCO)CCOCC2)cc1. The lowest BCUT2D eigenvalue weighted by molar-refractivity contribution is -0.162. The molecule has 1 saturated heterocycles. The number of aliphatic hydroxyl groups excluding tert-OH is 1. The average molecular weight is 238 g/mol. The Kier molecular flexibility index (Phi) is 3.99. The summed E-state index contributed by atoms with van der Waals surface area (Å²) in [7, 11) is 1.64. The van der Waals surface area contributed by atoms with Gasteiger partial charge in [-0.15, -0.1) is 0 Å². The van der Waals surface area contributed by atoms with Crippen LogP contribution in [0.1, 0.15) is 18.4 Å². The summed E-state index contributed by atoms with van der Waals surface area (Å²) in [4.78, 5) is 0. The van der Waals surface area contributed by atoms with E-state index < -0.39 is 5.60 Å². The fraction of sp³-hybridized carbons (Fsp3) is 0.538. The van der Waals surface area contributed by atoms with Crippen molar-refractivity contribution in [3.8, 4) is 5.75 Å². The van der Waals surface area contributed by atoms with Crippen molar-refractivity contribution in [2.24, 2.45) is 0 Å². The Bertz CT molecular complexity index is 335. The van der Waals surface area contributed by atoms with Crippen molar-refractivity contribution < 1.29 is 19.3 Å². The van der Waals surface area contributed by atoms with Crippen molar-refractivity contribution in [2.75, 3.05) is 27.1 Å². The van der Waals surface area contributed by atoms with E-state index in [1.807, 2.05) is 24.3 Å². The standard InChI is InChI=1S/C13H18O4/c1-15-12-4-2-11(3-5-12)13(17-10-14)6-8-16-9-7-13/h2-5,14H,6-10H2,1H3. The van der Waals surface area contributed by atoms with Crippen LogP contribution in [0.3, 0.4) is 0 Å². The Labute approximate surface area is 101 Å². The van der Waals surface area contributed by atoms with Crippen LogP contribution in [0.15, 0.2) is 24.3 Å². The van der Waals surface area contributed by atoms with Crippen LogP contribution in [0.5, 0.6) is 5.75 Å². The summed E-state index contributed by atoms with van der Waals surface area (Å²) in [5.74, 6) is 0.819. The highest BCUT2D eigenvalue weighted by molar-refractivity contribution is 5.31. The lowest BCUT2D eigenvalue weighted by Gasteiger charge is -2.36. The molecule has 2 rings (SSSR count). The van der Waals surface area contributed by atoms with Crippen LogP contribution >= 0.6 is 0 Å². The molecule has 0 unspecified atom stereocenters. The third-order valence-electron chi connectivity index (χ3n) is 3.26. The van der Waals surface area contributed by atoms with Gasteiger partial charge in [-0.2, -0.15) is 0 Å². The minimum Gasteiger partial charge on any atom is -0.497 e. The molecule has 17 heavy (non-hydrogen) atoms. The first kappa shape index (κ1) is 12.4. The Hall–Kier alpha value is -1.10. The molecule has 1 N–H and O–H groups in total. The predicted octanol–water partition coefficient (Wildman–Crippen LogP) is 1.67. The van der Waals surface area contributed by atoms with Crippen molar-refractivity contribution in [1.82, 2.24) is 0 Å². The minimum atomic E-state index is -0.417. The second-order valence-electron chi connectivity index (χ2n) is 4.11. The van der Waals surface area contributed by atoms with Gasteiger partial charge in [0.25, 0.3) is 0 Å². The molecule has 0 bridgehead atoms. The topological polar surface area (TPSA) is 47.9 Å². The van der Waals surface area contributed by atoms with E-state index >= 15 is 0 Å². The number of hydrogen-bond acceptors (Lipinski definition) is 4. The van der Waals surface area contributed by atoms with Crippen molar-refractivity contribution in [3.63, 3.8) is 0 Å². The summed E-state index contributed by atoms with van der Waals surface area (Å²) >= 11 is 0. The number of methoxy groups -OCH3 is 1. The molecule has 1 aromatic carbocycles. The third kappa shape index (κ3) is 2.60. The number of rotatable bonds is 4. The van der Waals surface area contributed by atoms with E-state index in [2.05, 4.69) is 0 Å². The first-order valence-electron chi connectivity index (χ1n) is 5.78. The molecule has 94 valence electrons. The van der Waals surface area contributed by atoms with E-state index in [0.717, 1.165) is 24.2 Å². The molecule has 0 aliphatic carbocycles. The zero-order chi connectivity index (χ0) is 12.1. The molecular formula is C13H18O4. The first-order valence-corrected chi connectivity index (χ1v) is 5.78. The van der Waals surface area contributed by atoms with E-state index in [4.69, 9.17) is 19.3 Å². The fourth-order valence-electron chi connectivity index (χ4n) is 2.24. The molecule has 0 spiro atoms. The lowest BCUT2D eigenvalue weighted by Crippen LogP contribution is -2.36. The van der Waals surface area contributed by atoms with Crippen molar-refractivity contribution in [2.45, 2.75) is 18.4 Å². The van der Waals surface area contributed by atoms with Gasteiger partial charge in [0.1, 0.15) is 18.1 Å². The van der Waals surface area contributed by atoms with Crippen LogP contribution in [0.4, 0.5) is 0 Å². The van der Waals surface area contributed by atoms with E-state index in [0.29, 0.717) is 13.2 Å². The van der Waals surface area contributed by atoms with Gasteiger partial charge in [-0.25, -0.2) is 0 Å². The van der Waals surface area contributed by atoms with E-state index in [1.165, 1.54) is 0 Å². The smallest absolute Gasteiger partial charge is 0.144 e. The minimum absolute atomic E-state index is 0.272.